The van der Waals surface area contributed by atoms with Crippen molar-refractivity contribution in [3.8, 4) is 22.4 Å². The number of hydrogen-bond donors (Lipinski definition) is 0. The first-order valence-corrected chi connectivity index (χ1v) is 8.54. The highest BCUT2D eigenvalue weighted by Gasteiger charge is 2.15. The van der Waals surface area contributed by atoms with Gasteiger partial charge in [0, 0.05) is 30.8 Å². The second-order valence-electron chi connectivity index (χ2n) is 6.23. The Labute approximate surface area is 142 Å². The van der Waals surface area contributed by atoms with E-state index in [1.807, 2.05) is 35.4 Å². The van der Waals surface area contributed by atoms with Gasteiger partial charge in [0.1, 0.15) is 0 Å². The van der Waals surface area contributed by atoms with E-state index in [0.29, 0.717) is 6.10 Å². The summed E-state index contributed by atoms with van der Waals surface area (Å²) < 4.78 is 7.81. The molecule has 0 N–H and O–H groups in total. The number of pyridine rings is 1. The average Bonchev–Trinajstić information content (AvgIpc) is 3.12. The van der Waals surface area contributed by atoms with Gasteiger partial charge in [0.15, 0.2) is 0 Å². The van der Waals surface area contributed by atoms with Gasteiger partial charge in [-0.25, -0.2) is 0 Å². The van der Waals surface area contributed by atoms with Crippen molar-refractivity contribution in [3.05, 3.63) is 61.1 Å². The van der Waals surface area contributed by atoms with E-state index in [4.69, 9.17) is 9.84 Å². The van der Waals surface area contributed by atoms with Crippen molar-refractivity contribution in [2.24, 2.45) is 0 Å². The van der Waals surface area contributed by atoms with Crippen LogP contribution in [0.25, 0.3) is 22.4 Å². The summed E-state index contributed by atoms with van der Waals surface area (Å²) in [6, 6.07) is 14.6. The summed E-state index contributed by atoms with van der Waals surface area (Å²) in [5.41, 5.74) is 4.48. The number of rotatable bonds is 4. The van der Waals surface area contributed by atoms with E-state index < -0.39 is 0 Å². The molecule has 4 heteroatoms. The lowest BCUT2D eigenvalue weighted by atomic mass is 10.0. The molecule has 0 bridgehead atoms. The molecule has 0 spiro atoms. The van der Waals surface area contributed by atoms with Crippen LogP contribution in [0.15, 0.2) is 61.1 Å². The zero-order valence-corrected chi connectivity index (χ0v) is 13.6. The van der Waals surface area contributed by atoms with Crippen molar-refractivity contribution in [3.63, 3.8) is 0 Å². The Morgan fingerprint density at radius 3 is 2.71 bits per heavy atom. The molecular weight excluding hydrogens is 298 g/mol. The Morgan fingerprint density at radius 1 is 1.00 bits per heavy atom. The van der Waals surface area contributed by atoms with E-state index in [1.165, 1.54) is 24.0 Å². The third-order valence-electron chi connectivity index (χ3n) is 4.48. The molecule has 0 radical (unpaired) electrons. The number of aromatic nitrogens is 3. The highest BCUT2D eigenvalue weighted by molar-refractivity contribution is 5.70. The highest BCUT2D eigenvalue weighted by Crippen LogP contribution is 2.25. The maximum atomic E-state index is 5.81. The van der Waals surface area contributed by atoms with Crippen molar-refractivity contribution >= 4 is 0 Å². The predicted molar refractivity (Wildman–Crippen MR) is 94.5 cm³/mol. The maximum Gasteiger partial charge on any atom is 0.0923 e. The molecule has 3 heterocycles. The van der Waals surface area contributed by atoms with Gasteiger partial charge in [-0.1, -0.05) is 18.2 Å². The third kappa shape index (κ3) is 3.39. The van der Waals surface area contributed by atoms with Gasteiger partial charge in [-0.2, -0.15) is 5.10 Å². The summed E-state index contributed by atoms with van der Waals surface area (Å²) in [7, 11) is 0. The topological polar surface area (TPSA) is 39.9 Å². The first-order valence-electron chi connectivity index (χ1n) is 8.54. The Kier molecular flexibility index (Phi) is 4.38. The van der Waals surface area contributed by atoms with Gasteiger partial charge in [-0.05, 0) is 54.7 Å². The van der Waals surface area contributed by atoms with Crippen LogP contribution in [0.4, 0.5) is 0 Å². The number of nitrogens with zero attached hydrogens (tertiary/aromatic N) is 3. The van der Waals surface area contributed by atoms with Crippen LogP contribution in [0, 0.1) is 0 Å². The van der Waals surface area contributed by atoms with Gasteiger partial charge >= 0.3 is 0 Å². The standard InChI is InChI=1S/C20H21N3O/c1-2-13-24-19(6-1)15-23-12-9-20(22-23)18-5-3-4-17(14-18)16-7-10-21-11-8-16/h3-5,7-12,14,19H,1-2,6,13,15H2/t19-/m1/s1. The smallest absolute Gasteiger partial charge is 0.0923 e. The number of ether oxygens (including phenoxy) is 1. The zero-order chi connectivity index (χ0) is 16.2. The van der Waals surface area contributed by atoms with Crippen LogP contribution >= 0.6 is 0 Å². The SMILES string of the molecule is c1cc(-c2ccncc2)cc(-c2ccn(C[C@H]3CCCCO3)n2)c1. The summed E-state index contributed by atoms with van der Waals surface area (Å²) in [4.78, 5) is 4.08. The van der Waals surface area contributed by atoms with Gasteiger partial charge in [-0.3, -0.25) is 9.67 Å². The molecular formula is C20H21N3O. The summed E-state index contributed by atoms with van der Waals surface area (Å²) in [5, 5.41) is 4.73. The van der Waals surface area contributed by atoms with E-state index in [-0.39, 0.29) is 0 Å². The van der Waals surface area contributed by atoms with Crippen molar-refractivity contribution in [2.75, 3.05) is 6.61 Å². The van der Waals surface area contributed by atoms with Crippen molar-refractivity contribution in [2.45, 2.75) is 31.9 Å². The average molecular weight is 319 g/mol. The van der Waals surface area contributed by atoms with Crippen LogP contribution in [-0.2, 0) is 11.3 Å². The van der Waals surface area contributed by atoms with Crippen LogP contribution in [0.2, 0.25) is 0 Å². The molecule has 0 saturated carbocycles. The summed E-state index contributed by atoms with van der Waals surface area (Å²) in [6.45, 7) is 1.72. The highest BCUT2D eigenvalue weighted by atomic mass is 16.5. The minimum absolute atomic E-state index is 0.301. The fourth-order valence-electron chi connectivity index (χ4n) is 3.18. The molecule has 0 amide bonds. The zero-order valence-electron chi connectivity index (χ0n) is 13.6. The van der Waals surface area contributed by atoms with Crippen molar-refractivity contribution in [1.29, 1.82) is 0 Å². The molecule has 1 fully saturated rings. The van der Waals surface area contributed by atoms with Crippen LogP contribution in [-0.4, -0.2) is 27.5 Å². The summed E-state index contributed by atoms with van der Waals surface area (Å²) in [6.07, 6.45) is 9.56. The lowest BCUT2D eigenvalue weighted by molar-refractivity contribution is 0.00403. The van der Waals surface area contributed by atoms with Gasteiger partial charge in [0.2, 0.25) is 0 Å². The molecule has 3 aromatic rings. The van der Waals surface area contributed by atoms with E-state index >= 15 is 0 Å². The van der Waals surface area contributed by atoms with Crippen LogP contribution < -0.4 is 0 Å². The van der Waals surface area contributed by atoms with Gasteiger partial charge in [0.25, 0.3) is 0 Å². The van der Waals surface area contributed by atoms with E-state index in [2.05, 4.69) is 35.3 Å². The lowest BCUT2D eigenvalue weighted by Crippen LogP contribution is -2.24. The Morgan fingerprint density at radius 2 is 1.88 bits per heavy atom. The molecule has 0 unspecified atom stereocenters. The fourth-order valence-corrected chi connectivity index (χ4v) is 3.18. The summed E-state index contributed by atoms with van der Waals surface area (Å²) in [5.74, 6) is 0. The van der Waals surface area contributed by atoms with Crippen molar-refractivity contribution in [1.82, 2.24) is 14.8 Å². The second kappa shape index (κ2) is 6.97. The minimum Gasteiger partial charge on any atom is -0.376 e. The summed E-state index contributed by atoms with van der Waals surface area (Å²) >= 11 is 0. The molecule has 1 aromatic carbocycles. The first kappa shape index (κ1) is 15.1. The molecule has 24 heavy (non-hydrogen) atoms. The third-order valence-corrected chi connectivity index (χ3v) is 4.48. The molecule has 0 aliphatic carbocycles. The number of benzene rings is 1. The molecule has 4 nitrogen and oxygen atoms in total. The Balaban J connectivity index is 1.54. The Bertz CT molecular complexity index is 791. The maximum absolute atomic E-state index is 5.81. The molecule has 1 saturated heterocycles. The van der Waals surface area contributed by atoms with Gasteiger partial charge in [0.05, 0.1) is 18.3 Å². The second-order valence-corrected chi connectivity index (χ2v) is 6.23. The lowest BCUT2D eigenvalue weighted by Gasteiger charge is -2.22. The van der Waals surface area contributed by atoms with Crippen LogP contribution in [0.3, 0.4) is 0 Å². The molecule has 1 aliphatic heterocycles. The normalized spacial score (nSPS) is 17.8. The Hall–Kier alpha value is -2.46. The molecule has 1 aliphatic rings. The molecule has 4 rings (SSSR count). The van der Waals surface area contributed by atoms with Crippen LogP contribution in [0.1, 0.15) is 19.3 Å². The van der Waals surface area contributed by atoms with E-state index in [0.717, 1.165) is 30.8 Å². The fraction of sp³-hybridized carbons (Fsp3) is 0.300. The van der Waals surface area contributed by atoms with E-state index in [1.54, 1.807) is 0 Å². The van der Waals surface area contributed by atoms with Crippen LogP contribution in [0.5, 0.6) is 0 Å². The number of hydrogen-bond acceptors (Lipinski definition) is 3. The quantitative estimate of drug-likeness (QED) is 0.724. The predicted octanol–water partition coefficient (Wildman–Crippen LogP) is 4.18. The van der Waals surface area contributed by atoms with Gasteiger partial charge in [-0.15, -0.1) is 0 Å². The van der Waals surface area contributed by atoms with Crippen molar-refractivity contribution < 1.29 is 4.74 Å². The molecule has 2 aromatic heterocycles. The molecule has 1 atom stereocenters. The largest absolute Gasteiger partial charge is 0.376 e. The monoisotopic (exact) mass is 319 g/mol. The first-order chi connectivity index (χ1) is 11.9. The molecule has 122 valence electrons. The van der Waals surface area contributed by atoms with Gasteiger partial charge < -0.3 is 4.74 Å². The minimum atomic E-state index is 0.301. The van der Waals surface area contributed by atoms with E-state index in [9.17, 15) is 0 Å².